The highest BCUT2D eigenvalue weighted by Gasteiger charge is 2.33. The van der Waals surface area contributed by atoms with E-state index < -0.39 is 29.9 Å². The molecule has 2 aromatic heterocycles. The number of nitrogens with one attached hydrogen (secondary N) is 1. The number of rotatable bonds is 12. The van der Waals surface area contributed by atoms with Gasteiger partial charge in [0.2, 0.25) is 11.8 Å². The summed E-state index contributed by atoms with van der Waals surface area (Å²) in [6.45, 7) is 3.21. The summed E-state index contributed by atoms with van der Waals surface area (Å²) in [6.07, 6.45) is 0.811. The third-order valence-electron chi connectivity index (χ3n) is 8.07. The highest BCUT2D eigenvalue weighted by atomic mass is 32.1. The van der Waals surface area contributed by atoms with Crippen LogP contribution in [0.3, 0.4) is 0 Å². The molecule has 0 spiro atoms. The monoisotopic (exact) mass is 666 g/mol. The molecule has 4 heterocycles. The SMILES string of the molecule is CCOC(=O)N1CCN(C(=O)C(CCC(=O)O)NC(=O)c2cc(OCC(=O)N3CCCC3c3cccs3)n(-c3ccccc3)n2)CC1. The molecule has 5 rings (SSSR count). The Kier molecular flexibility index (Phi) is 11.1. The zero-order chi connectivity index (χ0) is 33.3. The number of carbonyl (C=O) groups excluding carboxylic acids is 4. The zero-order valence-electron chi connectivity index (χ0n) is 26.1. The van der Waals surface area contributed by atoms with Crippen LogP contribution in [-0.2, 0) is 19.1 Å². The summed E-state index contributed by atoms with van der Waals surface area (Å²) in [5.41, 5.74) is 0.513. The van der Waals surface area contributed by atoms with Gasteiger partial charge in [-0.1, -0.05) is 24.3 Å². The van der Waals surface area contributed by atoms with Crippen LogP contribution in [0.4, 0.5) is 4.79 Å². The maximum Gasteiger partial charge on any atom is 0.409 e. The standard InChI is InChI=1S/C32H38N6O8S/c1-2-45-32(44)36-17-15-35(16-18-36)31(43)23(12-13-29(40)41)33-30(42)24-20-28(38(34-24)22-8-4-3-5-9-22)46-21-27(39)37-14-6-10-25(37)26-11-7-19-47-26/h3-5,7-9,11,19-20,23,25H,2,6,10,12-18,21H2,1H3,(H,33,42)(H,40,41). The first-order valence-corrected chi connectivity index (χ1v) is 16.5. The Morgan fingerprint density at radius 2 is 1.77 bits per heavy atom. The van der Waals surface area contributed by atoms with Gasteiger partial charge in [0.25, 0.3) is 11.8 Å². The Balaban J connectivity index is 1.29. The minimum absolute atomic E-state index is 0.000107. The van der Waals surface area contributed by atoms with Crippen LogP contribution in [0.2, 0.25) is 0 Å². The van der Waals surface area contributed by atoms with Gasteiger partial charge < -0.3 is 34.6 Å². The molecule has 1 aromatic carbocycles. The largest absolute Gasteiger partial charge is 0.481 e. The predicted octanol–water partition coefficient (Wildman–Crippen LogP) is 2.94. The second kappa shape index (κ2) is 15.6. The van der Waals surface area contributed by atoms with Crippen LogP contribution in [0.1, 0.15) is 54.0 Å². The van der Waals surface area contributed by atoms with Crippen molar-refractivity contribution in [3.8, 4) is 11.6 Å². The molecule has 2 aliphatic rings. The van der Waals surface area contributed by atoms with Gasteiger partial charge >= 0.3 is 12.1 Å². The maximum atomic E-state index is 13.5. The number of benzene rings is 1. The minimum Gasteiger partial charge on any atom is -0.481 e. The van der Waals surface area contributed by atoms with Gasteiger partial charge in [-0.15, -0.1) is 11.3 Å². The van der Waals surface area contributed by atoms with Crippen molar-refractivity contribution in [2.24, 2.45) is 0 Å². The third kappa shape index (κ3) is 8.27. The Bertz CT molecular complexity index is 1550. The molecule has 2 N–H and O–H groups in total. The van der Waals surface area contributed by atoms with Gasteiger partial charge in [0, 0.05) is 50.1 Å². The van der Waals surface area contributed by atoms with Crippen LogP contribution in [0.25, 0.3) is 5.69 Å². The second-order valence-electron chi connectivity index (χ2n) is 11.1. The number of aromatic nitrogens is 2. The molecule has 2 saturated heterocycles. The summed E-state index contributed by atoms with van der Waals surface area (Å²) >= 11 is 1.61. The Morgan fingerprint density at radius 1 is 1.02 bits per heavy atom. The summed E-state index contributed by atoms with van der Waals surface area (Å²) in [4.78, 5) is 69.7. The average molecular weight is 667 g/mol. The van der Waals surface area contributed by atoms with Crippen molar-refractivity contribution >= 4 is 41.1 Å². The maximum absolute atomic E-state index is 13.5. The molecule has 0 radical (unpaired) electrons. The molecule has 250 valence electrons. The lowest BCUT2D eigenvalue weighted by Crippen LogP contribution is -2.56. The van der Waals surface area contributed by atoms with Crippen LogP contribution in [0.15, 0.2) is 53.9 Å². The lowest BCUT2D eigenvalue weighted by atomic mass is 10.1. The second-order valence-corrected chi connectivity index (χ2v) is 12.1. The van der Waals surface area contributed by atoms with Gasteiger partial charge in [0.1, 0.15) is 6.04 Å². The van der Waals surface area contributed by atoms with Crippen LogP contribution >= 0.6 is 11.3 Å². The zero-order valence-corrected chi connectivity index (χ0v) is 26.9. The van der Waals surface area contributed by atoms with E-state index in [9.17, 15) is 29.1 Å². The van der Waals surface area contributed by atoms with Gasteiger partial charge in [-0.3, -0.25) is 19.2 Å². The number of carboxylic acids is 1. The first-order valence-electron chi connectivity index (χ1n) is 15.6. The number of carboxylic acid groups (broad SMARTS) is 1. The van der Waals surface area contributed by atoms with Gasteiger partial charge in [0.15, 0.2) is 12.3 Å². The summed E-state index contributed by atoms with van der Waals surface area (Å²) in [6, 6.07) is 13.2. The van der Waals surface area contributed by atoms with Crippen LogP contribution < -0.4 is 10.1 Å². The van der Waals surface area contributed by atoms with Crippen molar-refractivity contribution in [2.75, 3.05) is 45.9 Å². The third-order valence-corrected chi connectivity index (χ3v) is 9.04. The summed E-state index contributed by atoms with van der Waals surface area (Å²) < 4.78 is 12.4. The smallest absolute Gasteiger partial charge is 0.409 e. The number of likely N-dealkylation sites (tertiary alicyclic amines) is 1. The Morgan fingerprint density at radius 3 is 2.45 bits per heavy atom. The molecule has 0 saturated carbocycles. The molecule has 2 aliphatic heterocycles. The molecule has 2 atom stereocenters. The van der Waals surface area contributed by atoms with Gasteiger partial charge in [-0.2, -0.15) is 5.10 Å². The van der Waals surface area contributed by atoms with E-state index in [1.807, 2.05) is 28.5 Å². The van der Waals surface area contributed by atoms with Crippen LogP contribution in [-0.4, -0.2) is 111 Å². The van der Waals surface area contributed by atoms with Gasteiger partial charge in [-0.25, -0.2) is 9.48 Å². The van der Waals surface area contributed by atoms with Crippen molar-refractivity contribution < 1.29 is 38.6 Å². The Hall–Kier alpha value is -4.92. The van der Waals surface area contributed by atoms with Crippen molar-refractivity contribution in [3.63, 3.8) is 0 Å². The number of piperazine rings is 1. The van der Waals surface area contributed by atoms with Crippen LogP contribution in [0, 0.1) is 0 Å². The van der Waals surface area contributed by atoms with E-state index in [4.69, 9.17) is 9.47 Å². The number of ether oxygens (including phenoxy) is 2. The first-order chi connectivity index (χ1) is 22.7. The molecular weight excluding hydrogens is 628 g/mol. The van der Waals surface area contributed by atoms with Gasteiger partial charge in [0.05, 0.1) is 18.3 Å². The number of hydrogen-bond acceptors (Lipinski definition) is 9. The lowest BCUT2D eigenvalue weighted by Gasteiger charge is -2.35. The van der Waals surface area contributed by atoms with Crippen LogP contribution in [0.5, 0.6) is 5.88 Å². The lowest BCUT2D eigenvalue weighted by molar-refractivity contribution is -0.138. The van der Waals surface area contributed by atoms with E-state index in [0.717, 1.165) is 17.7 Å². The van der Waals surface area contributed by atoms with E-state index in [1.54, 1.807) is 42.5 Å². The fourth-order valence-electron chi connectivity index (χ4n) is 5.69. The first kappa shape index (κ1) is 33.4. The number of nitrogens with zero attached hydrogens (tertiary/aromatic N) is 5. The predicted molar refractivity (Wildman–Crippen MR) is 170 cm³/mol. The molecule has 47 heavy (non-hydrogen) atoms. The van der Waals surface area contributed by atoms with Crippen molar-refractivity contribution in [3.05, 3.63) is 64.5 Å². The molecule has 4 amide bonds. The fourth-order valence-corrected chi connectivity index (χ4v) is 6.57. The number of hydrogen-bond donors (Lipinski definition) is 2. The molecular formula is C32H38N6O8S. The molecule has 2 fully saturated rings. The Labute approximate surface area is 275 Å². The molecule has 3 aromatic rings. The number of amides is 4. The topological polar surface area (TPSA) is 164 Å². The summed E-state index contributed by atoms with van der Waals surface area (Å²) in [5.74, 6) is -2.31. The quantitative estimate of drug-likeness (QED) is 0.296. The summed E-state index contributed by atoms with van der Waals surface area (Å²) in [7, 11) is 0. The van der Waals surface area contributed by atoms with E-state index in [2.05, 4.69) is 10.4 Å². The fraction of sp³-hybridized carbons (Fsp3) is 0.438. The van der Waals surface area contributed by atoms with Crippen molar-refractivity contribution in [2.45, 2.75) is 44.7 Å². The van der Waals surface area contributed by atoms with E-state index in [1.165, 1.54) is 20.5 Å². The average Bonchev–Trinajstić information content (AvgIpc) is 3.87. The van der Waals surface area contributed by atoms with E-state index in [0.29, 0.717) is 12.2 Å². The number of para-hydroxylation sites is 1. The van der Waals surface area contributed by atoms with Crippen molar-refractivity contribution in [1.29, 1.82) is 0 Å². The van der Waals surface area contributed by atoms with E-state index in [-0.39, 0.29) is 75.8 Å². The van der Waals surface area contributed by atoms with E-state index >= 15 is 0 Å². The molecule has 15 heteroatoms. The highest BCUT2D eigenvalue weighted by molar-refractivity contribution is 7.10. The number of aliphatic carboxylic acids is 1. The van der Waals surface area contributed by atoms with Crippen molar-refractivity contribution in [1.82, 2.24) is 29.8 Å². The number of thiophene rings is 1. The molecule has 14 nitrogen and oxygen atoms in total. The van der Waals surface area contributed by atoms with Gasteiger partial charge in [-0.05, 0) is 49.8 Å². The molecule has 0 bridgehead atoms. The highest BCUT2D eigenvalue weighted by Crippen LogP contribution is 2.34. The number of carbonyl (C=O) groups is 5. The molecule has 0 aliphatic carbocycles. The normalized spacial score (nSPS) is 16.9. The molecule has 2 unspecified atom stereocenters. The minimum atomic E-state index is -1.15. The summed E-state index contributed by atoms with van der Waals surface area (Å²) in [5, 5.41) is 18.4.